The summed E-state index contributed by atoms with van der Waals surface area (Å²) in [6, 6.07) is 4.41. The topological polar surface area (TPSA) is 70.8 Å². The number of hydrogen-bond donors (Lipinski definition) is 0. The van der Waals surface area contributed by atoms with Crippen molar-refractivity contribution in [2.75, 3.05) is 19.8 Å². The highest BCUT2D eigenvalue weighted by Crippen LogP contribution is 2.34. The van der Waals surface area contributed by atoms with Crippen molar-refractivity contribution in [1.29, 1.82) is 0 Å². The second-order valence-electron chi connectivity index (χ2n) is 3.82. The van der Waals surface area contributed by atoms with Crippen molar-refractivity contribution in [2.24, 2.45) is 0 Å². The van der Waals surface area contributed by atoms with Crippen LogP contribution >= 0.6 is 11.6 Å². The number of halogens is 1. The fourth-order valence-electron chi connectivity index (χ4n) is 1.63. The van der Waals surface area contributed by atoms with Gasteiger partial charge in [-0.05, 0) is 19.9 Å². The molecule has 0 fully saturated rings. The molecule has 0 spiro atoms. The fourth-order valence-corrected chi connectivity index (χ4v) is 1.85. The van der Waals surface area contributed by atoms with Gasteiger partial charge in [-0.1, -0.05) is 17.7 Å². The minimum Gasteiger partial charge on any atom is -0.486 e. The second-order valence-corrected chi connectivity index (χ2v) is 4.23. The summed E-state index contributed by atoms with van der Waals surface area (Å²) in [5.74, 6) is 0.0749. The maximum atomic E-state index is 10.9. The summed E-state index contributed by atoms with van der Waals surface area (Å²) in [5.41, 5.74) is -0.151. The first-order valence-electron chi connectivity index (χ1n) is 6.39. The van der Waals surface area contributed by atoms with Crippen LogP contribution in [0.25, 0.3) is 0 Å². The number of rotatable bonds is 9. The Hall–Kier alpha value is -1.37. The molecule has 1 aromatic carbocycles. The number of benzene rings is 1. The first-order chi connectivity index (χ1) is 9.60. The van der Waals surface area contributed by atoms with Crippen molar-refractivity contribution >= 4 is 17.3 Å². The summed E-state index contributed by atoms with van der Waals surface area (Å²) < 4.78 is 16.1. The normalized spacial score (nSPS) is 10.8. The van der Waals surface area contributed by atoms with Crippen LogP contribution in [0.15, 0.2) is 18.2 Å². The predicted molar refractivity (Wildman–Crippen MR) is 75.3 cm³/mol. The van der Waals surface area contributed by atoms with Crippen LogP contribution in [0, 0.1) is 10.1 Å². The molecule has 1 rings (SSSR count). The van der Waals surface area contributed by atoms with E-state index in [2.05, 4.69) is 0 Å². The molecule has 20 heavy (non-hydrogen) atoms. The third-order valence-electron chi connectivity index (χ3n) is 2.45. The van der Waals surface area contributed by atoms with Crippen LogP contribution in [0.1, 0.15) is 20.3 Å². The Labute approximate surface area is 122 Å². The van der Waals surface area contributed by atoms with Gasteiger partial charge in [-0.2, -0.15) is 0 Å². The number of hydrogen-bond acceptors (Lipinski definition) is 5. The van der Waals surface area contributed by atoms with Gasteiger partial charge in [-0.3, -0.25) is 10.1 Å². The molecule has 0 unspecified atom stereocenters. The molecular weight excluding hydrogens is 286 g/mol. The Balaban J connectivity index is 2.63. The molecular formula is C13H18ClNO5. The van der Waals surface area contributed by atoms with Gasteiger partial charge in [0.1, 0.15) is 0 Å². The van der Waals surface area contributed by atoms with E-state index in [1.54, 1.807) is 6.07 Å². The summed E-state index contributed by atoms with van der Waals surface area (Å²) in [5, 5.41) is 11.1. The van der Waals surface area contributed by atoms with Gasteiger partial charge < -0.3 is 14.2 Å². The van der Waals surface area contributed by atoms with Crippen LogP contribution in [0.4, 0.5) is 5.69 Å². The molecule has 0 radical (unpaired) electrons. The highest BCUT2D eigenvalue weighted by molar-refractivity contribution is 6.32. The van der Waals surface area contributed by atoms with Gasteiger partial charge in [0.05, 0.1) is 16.6 Å². The van der Waals surface area contributed by atoms with E-state index in [1.165, 1.54) is 12.1 Å². The molecule has 6 nitrogen and oxygen atoms in total. The smallest absolute Gasteiger partial charge is 0.312 e. The van der Waals surface area contributed by atoms with Crippen molar-refractivity contribution < 1.29 is 19.1 Å². The average molecular weight is 304 g/mol. The fraction of sp³-hybridized carbons (Fsp3) is 0.538. The van der Waals surface area contributed by atoms with Gasteiger partial charge in [0.25, 0.3) is 0 Å². The molecule has 0 saturated heterocycles. The van der Waals surface area contributed by atoms with E-state index in [0.717, 1.165) is 0 Å². The molecule has 0 aliphatic carbocycles. The summed E-state index contributed by atoms with van der Waals surface area (Å²) in [6.45, 7) is 5.00. The molecule has 0 amide bonds. The van der Waals surface area contributed by atoms with E-state index in [-0.39, 0.29) is 29.4 Å². The van der Waals surface area contributed by atoms with Gasteiger partial charge in [-0.25, -0.2) is 0 Å². The van der Waals surface area contributed by atoms with Gasteiger partial charge in [0, 0.05) is 25.7 Å². The highest BCUT2D eigenvalue weighted by atomic mass is 35.5. The minimum absolute atomic E-state index is 0.0749. The van der Waals surface area contributed by atoms with E-state index in [0.29, 0.717) is 19.6 Å². The zero-order valence-corrected chi connectivity index (χ0v) is 12.3. The maximum absolute atomic E-state index is 10.9. The van der Waals surface area contributed by atoms with Crippen LogP contribution in [-0.2, 0) is 9.47 Å². The minimum atomic E-state index is -0.524. The number of nitrogens with zero attached hydrogens (tertiary/aromatic N) is 1. The molecule has 0 aromatic heterocycles. The lowest BCUT2D eigenvalue weighted by Crippen LogP contribution is -2.20. The Morgan fingerprint density at radius 3 is 2.50 bits per heavy atom. The SMILES string of the molecule is CCOC(CCOc1c(Cl)cccc1[N+](=O)[O-])OCC. The van der Waals surface area contributed by atoms with Crippen molar-refractivity contribution in [1.82, 2.24) is 0 Å². The summed E-state index contributed by atoms with van der Waals surface area (Å²) >= 11 is 5.92. The largest absolute Gasteiger partial charge is 0.486 e. The molecule has 0 aliphatic heterocycles. The Morgan fingerprint density at radius 2 is 1.95 bits per heavy atom. The number of ether oxygens (including phenoxy) is 3. The lowest BCUT2D eigenvalue weighted by atomic mass is 10.3. The van der Waals surface area contributed by atoms with Crippen LogP contribution < -0.4 is 4.74 Å². The Morgan fingerprint density at radius 1 is 1.30 bits per heavy atom. The van der Waals surface area contributed by atoms with E-state index in [1.807, 2.05) is 13.8 Å². The lowest BCUT2D eigenvalue weighted by Gasteiger charge is -2.17. The second kappa shape index (κ2) is 8.73. The number of nitro groups is 1. The molecule has 0 atom stereocenters. The third kappa shape index (κ3) is 4.96. The summed E-state index contributed by atoms with van der Waals surface area (Å²) in [7, 11) is 0. The first kappa shape index (κ1) is 16.7. The van der Waals surface area contributed by atoms with Crippen molar-refractivity contribution in [2.45, 2.75) is 26.6 Å². The van der Waals surface area contributed by atoms with Crippen LogP contribution in [-0.4, -0.2) is 31.0 Å². The molecule has 0 aliphatic rings. The van der Waals surface area contributed by atoms with E-state index in [9.17, 15) is 10.1 Å². The molecule has 0 heterocycles. The zero-order chi connectivity index (χ0) is 15.0. The quantitative estimate of drug-likeness (QED) is 0.397. The van der Waals surface area contributed by atoms with Gasteiger partial charge in [0.2, 0.25) is 5.75 Å². The standard InChI is InChI=1S/C13H18ClNO5/c1-3-18-12(19-4-2)8-9-20-13-10(14)6-5-7-11(13)15(16)17/h5-7,12H,3-4,8-9H2,1-2H3. The van der Waals surface area contributed by atoms with Crippen molar-refractivity contribution in [3.63, 3.8) is 0 Å². The van der Waals surface area contributed by atoms with Crippen molar-refractivity contribution in [3.05, 3.63) is 33.3 Å². The van der Waals surface area contributed by atoms with E-state index < -0.39 is 4.92 Å². The monoisotopic (exact) mass is 303 g/mol. The van der Waals surface area contributed by atoms with Crippen LogP contribution in [0.3, 0.4) is 0 Å². The van der Waals surface area contributed by atoms with Crippen LogP contribution in [0.2, 0.25) is 5.02 Å². The van der Waals surface area contributed by atoms with Gasteiger partial charge in [-0.15, -0.1) is 0 Å². The molecule has 1 aromatic rings. The molecule has 7 heteroatoms. The molecule has 0 saturated carbocycles. The average Bonchev–Trinajstić information content (AvgIpc) is 2.40. The Kier molecular flexibility index (Phi) is 7.28. The van der Waals surface area contributed by atoms with Gasteiger partial charge in [0.15, 0.2) is 6.29 Å². The predicted octanol–water partition coefficient (Wildman–Crippen LogP) is 3.42. The lowest BCUT2D eigenvalue weighted by molar-refractivity contribution is -0.385. The molecule has 112 valence electrons. The zero-order valence-electron chi connectivity index (χ0n) is 11.5. The maximum Gasteiger partial charge on any atom is 0.312 e. The van der Waals surface area contributed by atoms with E-state index in [4.69, 9.17) is 25.8 Å². The summed E-state index contributed by atoms with van der Waals surface area (Å²) in [4.78, 5) is 10.4. The molecule has 0 bridgehead atoms. The number of para-hydroxylation sites is 1. The Bertz CT molecular complexity index is 435. The first-order valence-corrected chi connectivity index (χ1v) is 6.76. The molecule has 0 N–H and O–H groups in total. The van der Waals surface area contributed by atoms with E-state index >= 15 is 0 Å². The third-order valence-corrected chi connectivity index (χ3v) is 2.75. The van der Waals surface area contributed by atoms with Gasteiger partial charge >= 0.3 is 5.69 Å². The highest BCUT2D eigenvalue weighted by Gasteiger charge is 2.18. The summed E-state index contributed by atoms with van der Waals surface area (Å²) in [6.07, 6.45) is 0.0795. The van der Waals surface area contributed by atoms with Crippen LogP contribution in [0.5, 0.6) is 5.75 Å². The van der Waals surface area contributed by atoms with Crippen molar-refractivity contribution in [3.8, 4) is 5.75 Å². The number of nitro benzene ring substituents is 1.